The van der Waals surface area contributed by atoms with Crippen molar-refractivity contribution in [2.75, 3.05) is 20.2 Å². The molecule has 0 aromatic carbocycles. The zero-order valence-corrected chi connectivity index (χ0v) is 12.3. The lowest BCUT2D eigenvalue weighted by Crippen LogP contribution is -2.48. The number of piperidine rings is 1. The molecule has 1 aliphatic heterocycles. The maximum Gasteiger partial charge on any atom is 0.0625 e. The van der Waals surface area contributed by atoms with Crippen molar-refractivity contribution in [2.45, 2.75) is 44.9 Å². The highest BCUT2D eigenvalue weighted by Crippen LogP contribution is 2.21. The number of nitrogens with two attached hydrogens (primary N) is 1. The molecule has 1 aliphatic rings. The Morgan fingerprint density at radius 3 is 2.89 bits per heavy atom. The van der Waals surface area contributed by atoms with E-state index in [9.17, 15) is 0 Å². The van der Waals surface area contributed by atoms with Crippen molar-refractivity contribution in [3.8, 4) is 0 Å². The number of likely N-dealkylation sites (tertiary alicyclic amines) is 1. The molecule has 1 fully saturated rings. The Hall–Kier alpha value is -0.910. The fourth-order valence-corrected chi connectivity index (χ4v) is 2.83. The predicted octanol–water partition coefficient (Wildman–Crippen LogP) is 0.921. The Balaban J connectivity index is 2.02. The van der Waals surface area contributed by atoms with Crippen LogP contribution < -0.4 is 5.73 Å². The molecular formula is C14H26N4O. The van der Waals surface area contributed by atoms with Gasteiger partial charge in [-0.2, -0.15) is 5.10 Å². The van der Waals surface area contributed by atoms with Gasteiger partial charge in [0.15, 0.2) is 0 Å². The van der Waals surface area contributed by atoms with E-state index < -0.39 is 0 Å². The summed E-state index contributed by atoms with van der Waals surface area (Å²) in [4.78, 5) is 2.46. The summed E-state index contributed by atoms with van der Waals surface area (Å²) in [6.45, 7) is 4.81. The highest BCUT2D eigenvalue weighted by molar-refractivity contribution is 5.10. The Labute approximate surface area is 115 Å². The van der Waals surface area contributed by atoms with E-state index in [2.05, 4.69) is 23.0 Å². The van der Waals surface area contributed by atoms with Gasteiger partial charge in [-0.3, -0.25) is 9.58 Å². The molecule has 108 valence electrons. The van der Waals surface area contributed by atoms with Crippen molar-refractivity contribution in [2.24, 2.45) is 12.8 Å². The molecule has 0 bridgehead atoms. The lowest BCUT2D eigenvalue weighted by molar-refractivity contribution is 0.00941. The smallest absolute Gasteiger partial charge is 0.0625 e. The molecule has 0 amide bonds. The van der Waals surface area contributed by atoms with Gasteiger partial charge >= 0.3 is 0 Å². The quantitative estimate of drug-likeness (QED) is 0.861. The zero-order valence-electron chi connectivity index (χ0n) is 12.3. The van der Waals surface area contributed by atoms with Crippen molar-refractivity contribution in [1.82, 2.24) is 14.7 Å². The van der Waals surface area contributed by atoms with Gasteiger partial charge in [0.2, 0.25) is 0 Å². The highest BCUT2D eigenvalue weighted by atomic mass is 16.5. The topological polar surface area (TPSA) is 56.3 Å². The maximum absolute atomic E-state index is 5.91. The largest absolute Gasteiger partial charge is 0.381 e. The number of aryl methyl sites for hydroxylation is 2. The summed E-state index contributed by atoms with van der Waals surface area (Å²) in [5, 5.41) is 4.51. The molecule has 1 aromatic rings. The molecule has 19 heavy (non-hydrogen) atoms. The molecule has 2 N–H and O–H groups in total. The van der Waals surface area contributed by atoms with Gasteiger partial charge in [0, 0.05) is 39.8 Å². The second kappa shape index (κ2) is 6.50. The summed E-state index contributed by atoms with van der Waals surface area (Å²) in [5.74, 6) is 0. The number of nitrogens with zero attached hydrogens (tertiary/aromatic N) is 3. The lowest BCUT2D eigenvalue weighted by Gasteiger charge is -2.38. The van der Waals surface area contributed by atoms with Gasteiger partial charge in [-0.25, -0.2) is 0 Å². The first kappa shape index (κ1) is 14.5. The van der Waals surface area contributed by atoms with Crippen LogP contribution in [0.4, 0.5) is 0 Å². The van der Waals surface area contributed by atoms with Crippen LogP contribution in [0.5, 0.6) is 0 Å². The standard InChI is InChI=1S/C14H26N4O/c1-4-11-7-13(17(2)16-11)10-18-6-5-14(19-3)8-12(18)9-15/h7,12,14H,4-6,8-10,15H2,1-3H3. The average Bonchev–Trinajstić information content (AvgIpc) is 2.80. The first-order valence-corrected chi connectivity index (χ1v) is 7.16. The molecule has 5 nitrogen and oxygen atoms in total. The second-order valence-electron chi connectivity index (χ2n) is 5.35. The third-order valence-corrected chi connectivity index (χ3v) is 4.15. The van der Waals surface area contributed by atoms with Gasteiger partial charge in [-0.15, -0.1) is 0 Å². The number of hydrogen-bond acceptors (Lipinski definition) is 4. The fraction of sp³-hybridized carbons (Fsp3) is 0.786. The summed E-state index contributed by atoms with van der Waals surface area (Å²) in [6, 6.07) is 2.62. The van der Waals surface area contributed by atoms with Crippen molar-refractivity contribution in [1.29, 1.82) is 0 Å². The van der Waals surface area contributed by atoms with Gasteiger partial charge in [0.05, 0.1) is 17.5 Å². The van der Waals surface area contributed by atoms with E-state index in [0.717, 1.165) is 38.0 Å². The SMILES string of the molecule is CCc1cc(CN2CCC(OC)CC2CN)n(C)n1. The van der Waals surface area contributed by atoms with E-state index in [-0.39, 0.29) is 0 Å². The average molecular weight is 266 g/mol. The van der Waals surface area contributed by atoms with Crippen LogP contribution >= 0.6 is 0 Å². The van der Waals surface area contributed by atoms with Crippen molar-refractivity contribution in [3.63, 3.8) is 0 Å². The van der Waals surface area contributed by atoms with E-state index in [1.165, 1.54) is 5.69 Å². The summed E-state index contributed by atoms with van der Waals surface area (Å²) < 4.78 is 7.46. The Kier molecular flexibility index (Phi) is 4.96. The van der Waals surface area contributed by atoms with Crippen LogP contribution in [0.3, 0.4) is 0 Å². The van der Waals surface area contributed by atoms with Crippen LogP contribution in [0.15, 0.2) is 6.07 Å². The highest BCUT2D eigenvalue weighted by Gasteiger charge is 2.28. The van der Waals surface area contributed by atoms with Gasteiger partial charge in [0.1, 0.15) is 0 Å². The minimum Gasteiger partial charge on any atom is -0.381 e. The van der Waals surface area contributed by atoms with E-state index in [4.69, 9.17) is 10.5 Å². The summed E-state index contributed by atoms with van der Waals surface area (Å²) in [7, 11) is 3.82. The molecule has 0 saturated carbocycles. The first-order valence-electron chi connectivity index (χ1n) is 7.16. The van der Waals surface area contributed by atoms with E-state index in [0.29, 0.717) is 18.7 Å². The first-order chi connectivity index (χ1) is 9.17. The minimum atomic E-state index is 0.363. The summed E-state index contributed by atoms with van der Waals surface area (Å²) in [5.41, 5.74) is 8.34. The van der Waals surface area contributed by atoms with Gasteiger partial charge in [0.25, 0.3) is 0 Å². The Morgan fingerprint density at radius 2 is 2.32 bits per heavy atom. The number of hydrogen-bond donors (Lipinski definition) is 1. The molecule has 1 saturated heterocycles. The molecule has 1 aromatic heterocycles. The number of methoxy groups -OCH3 is 1. The Morgan fingerprint density at radius 1 is 1.53 bits per heavy atom. The molecule has 2 heterocycles. The van der Waals surface area contributed by atoms with Crippen molar-refractivity contribution < 1.29 is 4.74 Å². The van der Waals surface area contributed by atoms with Crippen LogP contribution in [0, 0.1) is 0 Å². The van der Waals surface area contributed by atoms with Crippen LogP contribution in [0.1, 0.15) is 31.2 Å². The van der Waals surface area contributed by atoms with Crippen molar-refractivity contribution in [3.05, 3.63) is 17.5 Å². The van der Waals surface area contributed by atoms with Crippen LogP contribution in [-0.4, -0.2) is 47.0 Å². The van der Waals surface area contributed by atoms with Gasteiger partial charge in [-0.05, 0) is 25.3 Å². The minimum absolute atomic E-state index is 0.363. The lowest BCUT2D eigenvalue weighted by atomic mass is 9.99. The van der Waals surface area contributed by atoms with Crippen LogP contribution in [-0.2, 0) is 24.8 Å². The molecule has 5 heteroatoms. The predicted molar refractivity (Wildman–Crippen MR) is 75.9 cm³/mol. The van der Waals surface area contributed by atoms with Crippen LogP contribution in [0.2, 0.25) is 0 Å². The number of ether oxygens (including phenoxy) is 1. The molecule has 0 aliphatic carbocycles. The molecular weight excluding hydrogens is 240 g/mol. The molecule has 0 spiro atoms. The summed E-state index contributed by atoms with van der Waals surface area (Å²) >= 11 is 0. The van der Waals surface area contributed by atoms with Crippen molar-refractivity contribution >= 4 is 0 Å². The second-order valence-corrected chi connectivity index (χ2v) is 5.35. The van der Waals surface area contributed by atoms with Gasteiger partial charge < -0.3 is 10.5 Å². The summed E-state index contributed by atoms with van der Waals surface area (Å²) in [6.07, 6.45) is 3.47. The van der Waals surface area contributed by atoms with Gasteiger partial charge in [-0.1, -0.05) is 6.92 Å². The van der Waals surface area contributed by atoms with Crippen LogP contribution in [0.25, 0.3) is 0 Å². The number of aromatic nitrogens is 2. The maximum atomic E-state index is 5.91. The number of rotatable bonds is 5. The zero-order chi connectivity index (χ0) is 13.8. The monoisotopic (exact) mass is 266 g/mol. The Bertz CT molecular complexity index is 404. The molecule has 2 unspecified atom stereocenters. The third kappa shape index (κ3) is 3.35. The molecule has 0 radical (unpaired) electrons. The normalized spacial score (nSPS) is 24.8. The third-order valence-electron chi connectivity index (χ3n) is 4.15. The fourth-order valence-electron chi connectivity index (χ4n) is 2.83. The van der Waals surface area contributed by atoms with E-state index >= 15 is 0 Å². The van der Waals surface area contributed by atoms with E-state index in [1.54, 1.807) is 7.11 Å². The molecule has 2 rings (SSSR count). The van der Waals surface area contributed by atoms with E-state index in [1.807, 2.05) is 11.7 Å². The molecule has 2 atom stereocenters.